The Labute approximate surface area is 256 Å². The maximum absolute atomic E-state index is 13.2. The van der Waals surface area contributed by atoms with Crippen LogP contribution in [0.15, 0.2) is 0 Å². The van der Waals surface area contributed by atoms with Crippen LogP contribution in [0.3, 0.4) is 0 Å². The molecule has 254 valence electrons. The van der Waals surface area contributed by atoms with Gasteiger partial charge in [0.25, 0.3) is 5.92 Å². The van der Waals surface area contributed by atoms with Gasteiger partial charge in [0, 0.05) is 69.7 Å². The Morgan fingerprint density at radius 1 is 0.791 bits per heavy atom. The fraction of sp³-hybridized carbons (Fsp3) is 1.00. The van der Waals surface area contributed by atoms with Crippen molar-refractivity contribution in [2.24, 2.45) is 16.2 Å². The zero-order valence-corrected chi connectivity index (χ0v) is 27.4. The average molecular weight is 628 g/mol. The summed E-state index contributed by atoms with van der Waals surface area (Å²) >= 11 is 0. The Balaban J connectivity index is 0.000000178. The second-order valence-electron chi connectivity index (χ2n) is 15.0. The molecular weight excluding hydrogens is 569 g/mol. The van der Waals surface area contributed by atoms with Crippen molar-refractivity contribution in [2.75, 3.05) is 79.7 Å². The summed E-state index contributed by atoms with van der Waals surface area (Å²) in [6.07, 6.45) is 3.11. The molecule has 3 aliphatic carbocycles. The molecule has 0 bridgehead atoms. The quantitative estimate of drug-likeness (QED) is 0.277. The molecule has 0 amide bonds. The van der Waals surface area contributed by atoms with Crippen LogP contribution in [-0.4, -0.2) is 136 Å². The molecule has 2 heterocycles. The van der Waals surface area contributed by atoms with Gasteiger partial charge >= 0.3 is 0 Å². The summed E-state index contributed by atoms with van der Waals surface area (Å²) in [6.45, 7) is 13.5. The van der Waals surface area contributed by atoms with Crippen molar-refractivity contribution < 1.29 is 36.5 Å². The third-order valence-corrected chi connectivity index (χ3v) is 9.39. The molecule has 3 atom stereocenters. The first-order valence-electron chi connectivity index (χ1n) is 16.3. The van der Waals surface area contributed by atoms with Crippen molar-refractivity contribution in [3.63, 3.8) is 0 Å². The lowest BCUT2D eigenvalue weighted by Gasteiger charge is -2.32. The van der Waals surface area contributed by atoms with Crippen LogP contribution in [-0.2, 0) is 9.47 Å². The molecule has 5 rings (SSSR count). The van der Waals surface area contributed by atoms with E-state index in [1.807, 2.05) is 27.9 Å². The van der Waals surface area contributed by atoms with Crippen LogP contribution < -0.4 is 0 Å². The SMILES string of the molecule is CC(C)OCC1(CN(C)C)CC1(F)F.CC(C)OCC1(CN2CCC(F)CC2)CC1.OCC1(CN2CC(F)C(F)C2)CC1. The number of ether oxygens (including phenoxy) is 2. The fourth-order valence-corrected chi connectivity index (χ4v) is 6.03. The van der Waals surface area contributed by atoms with Crippen molar-refractivity contribution >= 4 is 0 Å². The van der Waals surface area contributed by atoms with Crippen LogP contribution in [0.2, 0.25) is 0 Å². The van der Waals surface area contributed by atoms with E-state index in [4.69, 9.17) is 14.6 Å². The minimum absolute atomic E-state index is 0.0189. The van der Waals surface area contributed by atoms with E-state index >= 15 is 0 Å². The molecule has 2 aliphatic heterocycles. The molecule has 0 aromatic rings. The molecule has 0 radical (unpaired) electrons. The van der Waals surface area contributed by atoms with Gasteiger partial charge in [-0.1, -0.05) is 0 Å². The van der Waals surface area contributed by atoms with Crippen molar-refractivity contribution in [2.45, 2.75) is 109 Å². The maximum Gasteiger partial charge on any atom is 0.258 e. The van der Waals surface area contributed by atoms with Gasteiger partial charge in [0.1, 0.15) is 18.5 Å². The molecule has 0 aromatic heterocycles. The minimum Gasteiger partial charge on any atom is -0.396 e. The van der Waals surface area contributed by atoms with E-state index in [0.717, 1.165) is 51.9 Å². The number of rotatable bonds is 13. The first-order chi connectivity index (χ1) is 20.0. The highest BCUT2D eigenvalue weighted by molar-refractivity contribution is 5.11. The first-order valence-corrected chi connectivity index (χ1v) is 16.3. The predicted octanol–water partition coefficient (Wildman–Crippen LogP) is 5.37. The Morgan fingerprint density at radius 2 is 1.26 bits per heavy atom. The van der Waals surface area contributed by atoms with E-state index in [0.29, 0.717) is 24.6 Å². The summed E-state index contributed by atoms with van der Waals surface area (Å²) in [5.74, 6) is -2.54. The van der Waals surface area contributed by atoms with Crippen molar-refractivity contribution in [1.82, 2.24) is 14.7 Å². The standard InChI is InChI=1S/C13H24FNO.C10H19F2NO.C9H15F2NO/c1-11(2)16-10-13(5-6-13)9-15-7-3-12(14)4-8-15;1-8(2)14-7-9(6-13(3)4)5-10(9,11)12;10-7-3-12(4-8(7)11)5-9(6-13)1-2-9/h11-12H,3-10H2,1-2H3;8H,5-7H2,1-4H3;7-8,13H,1-6H2. The Bertz CT molecular complexity index is 825. The van der Waals surface area contributed by atoms with Gasteiger partial charge in [-0.2, -0.15) is 0 Å². The molecule has 0 aromatic carbocycles. The molecule has 3 unspecified atom stereocenters. The van der Waals surface area contributed by atoms with Crippen LogP contribution in [0.1, 0.15) is 72.6 Å². The lowest BCUT2D eigenvalue weighted by atomic mass is 10.0. The number of aliphatic hydroxyl groups excluding tert-OH is 1. The van der Waals surface area contributed by atoms with E-state index < -0.39 is 29.9 Å². The third-order valence-electron chi connectivity index (χ3n) is 9.39. The van der Waals surface area contributed by atoms with E-state index in [1.165, 1.54) is 12.8 Å². The zero-order valence-electron chi connectivity index (χ0n) is 27.4. The predicted molar refractivity (Wildman–Crippen MR) is 160 cm³/mol. The van der Waals surface area contributed by atoms with Crippen LogP contribution in [0.4, 0.5) is 22.0 Å². The lowest BCUT2D eigenvalue weighted by Crippen LogP contribution is -2.39. The van der Waals surface area contributed by atoms with Gasteiger partial charge in [-0.25, -0.2) is 22.0 Å². The summed E-state index contributed by atoms with van der Waals surface area (Å²) in [5.41, 5.74) is -0.544. The summed E-state index contributed by atoms with van der Waals surface area (Å²) in [6, 6.07) is 0. The van der Waals surface area contributed by atoms with Gasteiger partial charge in [0.05, 0.1) is 30.8 Å². The van der Waals surface area contributed by atoms with Crippen molar-refractivity contribution in [1.29, 1.82) is 0 Å². The Morgan fingerprint density at radius 3 is 1.65 bits per heavy atom. The van der Waals surface area contributed by atoms with E-state index in [1.54, 1.807) is 9.80 Å². The fourth-order valence-electron chi connectivity index (χ4n) is 6.03. The van der Waals surface area contributed by atoms with Crippen LogP contribution in [0.25, 0.3) is 0 Å². The highest BCUT2D eigenvalue weighted by Gasteiger charge is 2.71. The number of halogens is 5. The molecule has 43 heavy (non-hydrogen) atoms. The summed E-state index contributed by atoms with van der Waals surface area (Å²) in [4.78, 5) is 6.01. The van der Waals surface area contributed by atoms with Crippen LogP contribution in [0, 0.1) is 16.2 Å². The summed E-state index contributed by atoms with van der Waals surface area (Å²) < 4.78 is 75.9. The topological polar surface area (TPSA) is 48.4 Å². The van der Waals surface area contributed by atoms with Gasteiger partial charge in [0.2, 0.25) is 0 Å². The molecule has 5 aliphatic rings. The second kappa shape index (κ2) is 15.3. The second-order valence-corrected chi connectivity index (χ2v) is 15.0. The number of nitrogens with zero attached hydrogens (tertiary/aromatic N) is 3. The molecule has 6 nitrogen and oxygen atoms in total. The van der Waals surface area contributed by atoms with Gasteiger partial charge in [0.15, 0.2) is 0 Å². The van der Waals surface area contributed by atoms with E-state index in [-0.39, 0.29) is 44.2 Å². The van der Waals surface area contributed by atoms with Crippen molar-refractivity contribution in [3.8, 4) is 0 Å². The molecular formula is C32H58F5N3O3. The number of likely N-dealkylation sites (tertiary alicyclic amines) is 2. The third kappa shape index (κ3) is 11.6. The van der Waals surface area contributed by atoms with Gasteiger partial charge in [-0.3, -0.25) is 4.90 Å². The molecule has 11 heteroatoms. The van der Waals surface area contributed by atoms with Gasteiger partial charge < -0.3 is 24.4 Å². The van der Waals surface area contributed by atoms with Crippen molar-refractivity contribution in [3.05, 3.63) is 0 Å². The number of alkyl halides is 5. The normalized spacial score (nSPS) is 31.0. The monoisotopic (exact) mass is 627 g/mol. The highest BCUT2D eigenvalue weighted by atomic mass is 19.3. The Hall–Kier alpha value is -0.590. The smallest absolute Gasteiger partial charge is 0.258 e. The summed E-state index contributed by atoms with van der Waals surface area (Å²) in [7, 11) is 3.62. The van der Waals surface area contributed by atoms with Crippen LogP contribution >= 0.6 is 0 Å². The summed E-state index contributed by atoms with van der Waals surface area (Å²) in [5, 5.41) is 9.03. The number of hydrogen-bond acceptors (Lipinski definition) is 6. The molecule has 3 saturated carbocycles. The molecule has 1 N–H and O–H groups in total. The average Bonchev–Trinajstić information content (AvgIpc) is 3.86. The van der Waals surface area contributed by atoms with Gasteiger partial charge in [-0.05, 0) is 80.3 Å². The number of piperidine rings is 1. The maximum atomic E-state index is 13.2. The zero-order chi connectivity index (χ0) is 32.1. The number of hydrogen-bond donors (Lipinski definition) is 1. The van der Waals surface area contributed by atoms with E-state index in [2.05, 4.69) is 18.7 Å². The first kappa shape index (κ1) is 36.9. The molecule has 0 spiro atoms. The van der Waals surface area contributed by atoms with Gasteiger partial charge in [-0.15, -0.1) is 0 Å². The molecule has 2 saturated heterocycles. The number of aliphatic hydroxyl groups is 1. The Kier molecular flexibility index (Phi) is 13.1. The molecule has 5 fully saturated rings. The largest absolute Gasteiger partial charge is 0.396 e. The minimum atomic E-state index is -2.54. The van der Waals surface area contributed by atoms with E-state index in [9.17, 15) is 22.0 Å². The highest BCUT2D eigenvalue weighted by Crippen LogP contribution is 2.60. The lowest BCUT2D eigenvalue weighted by molar-refractivity contribution is -0.0205. The van der Waals surface area contributed by atoms with Crippen LogP contribution in [0.5, 0.6) is 0 Å².